The normalized spacial score (nSPS) is 11.6. The van der Waals surface area contributed by atoms with Crippen molar-refractivity contribution < 1.29 is 8.42 Å². The molecule has 0 aromatic heterocycles. The van der Waals surface area contributed by atoms with Crippen molar-refractivity contribution in [2.75, 3.05) is 12.0 Å². The summed E-state index contributed by atoms with van der Waals surface area (Å²) >= 11 is 0. The van der Waals surface area contributed by atoms with Gasteiger partial charge in [0.2, 0.25) is 0 Å². The summed E-state index contributed by atoms with van der Waals surface area (Å²) in [5.41, 5.74) is 2.38. The van der Waals surface area contributed by atoms with Gasteiger partial charge in [0, 0.05) is 6.26 Å². The monoisotopic (exact) mass is 212 g/mol. The molecule has 0 atom stereocenters. The first-order valence-electron chi connectivity index (χ1n) is 4.77. The van der Waals surface area contributed by atoms with E-state index in [1.54, 1.807) is 0 Å². The lowest BCUT2D eigenvalue weighted by Gasteiger charge is -2.01. The molecule has 0 aliphatic carbocycles. The molecule has 0 saturated carbocycles. The van der Waals surface area contributed by atoms with Crippen LogP contribution in [0.1, 0.15) is 18.1 Å². The largest absolute Gasteiger partial charge is 0.229 e. The molecule has 0 aliphatic rings. The van der Waals surface area contributed by atoms with Crippen LogP contribution in [0, 0.1) is 0 Å². The van der Waals surface area contributed by atoms with Crippen molar-refractivity contribution in [2.24, 2.45) is 0 Å². The highest BCUT2D eigenvalue weighted by Gasteiger charge is 2.02. The number of aryl methyl sites for hydroxylation is 2. The Kier molecular flexibility index (Phi) is 3.69. The summed E-state index contributed by atoms with van der Waals surface area (Å²) in [6.07, 6.45) is 2.91. The van der Waals surface area contributed by atoms with Crippen molar-refractivity contribution in [2.45, 2.75) is 19.8 Å². The van der Waals surface area contributed by atoms with Crippen LogP contribution in [0.15, 0.2) is 24.3 Å². The number of benzene rings is 1. The fourth-order valence-electron chi connectivity index (χ4n) is 1.24. The van der Waals surface area contributed by atoms with Gasteiger partial charge in [-0.2, -0.15) is 0 Å². The standard InChI is InChI=1S/C11H16O2S/c1-3-10-4-6-11(7-5-10)8-9-14(2,12)13/h4-7H,3,8-9H2,1-2H3. The Morgan fingerprint density at radius 3 is 2.00 bits per heavy atom. The highest BCUT2D eigenvalue weighted by Crippen LogP contribution is 2.06. The zero-order valence-electron chi connectivity index (χ0n) is 8.66. The minimum absolute atomic E-state index is 0.235. The van der Waals surface area contributed by atoms with E-state index in [0.717, 1.165) is 12.0 Å². The number of rotatable bonds is 4. The SMILES string of the molecule is CCc1ccc(CCS(C)(=O)=O)cc1. The van der Waals surface area contributed by atoms with Crippen LogP contribution < -0.4 is 0 Å². The van der Waals surface area contributed by atoms with Gasteiger partial charge in [-0.05, 0) is 24.0 Å². The second kappa shape index (κ2) is 4.60. The van der Waals surface area contributed by atoms with Crippen molar-refractivity contribution in [3.8, 4) is 0 Å². The molecular formula is C11H16O2S. The van der Waals surface area contributed by atoms with E-state index < -0.39 is 9.84 Å². The van der Waals surface area contributed by atoms with Crippen LogP contribution in [0.5, 0.6) is 0 Å². The van der Waals surface area contributed by atoms with Gasteiger partial charge in [0.15, 0.2) is 0 Å². The van der Waals surface area contributed by atoms with Gasteiger partial charge in [0.25, 0.3) is 0 Å². The molecule has 14 heavy (non-hydrogen) atoms. The summed E-state index contributed by atoms with van der Waals surface area (Å²) in [6, 6.07) is 8.11. The van der Waals surface area contributed by atoms with Crippen LogP contribution in [0.25, 0.3) is 0 Å². The highest BCUT2D eigenvalue weighted by molar-refractivity contribution is 7.90. The Hall–Kier alpha value is -0.830. The molecule has 0 spiro atoms. The zero-order chi connectivity index (χ0) is 10.6. The van der Waals surface area contributed by atoms with Crippen LogP contribution in [-0.2, 0) is 22.7 Å². The predicted octanol–water partition coefficient (Wildman–Crippen LogP) is 1.84. The summed E-state index contributed by atoms with van der Waals surface area (Å²) in [4.78, 5) is 0. The zero-order valence-corrected chi connectivity index (χ0v) is 9.47. The van der Waals surface area contributed by atoms with Crippen LogP contribution in [0.3, 0.4) is 0 Å². The molecule has 2 nitrogen and oxygen atoms in total. The third-order valence-electron chi connectivity index (χ3n) is 2.19. The Labute approximate surface area is 85.9 Å². The van der Waals surface area contributed by atoms with E-state index in [1.165, 1.54) is 11.8 Å². The molecule has 3 heteroatoms. The molecule has 0 saturated heterocycles. The molecule has 0 fully saturated rings. The molecule has 0 N–H and O–H groups in total. The van der Waals surface area contributed by atoms with Gasteiger partial charge in [0.1, 0.15) is 9.84 Å². The first-order chi connectivity index (χ1) is 6.51. The Morgan fingerprint density at radius 1 is 1.07 bits per heavy atom. The minimum atomic E-state index is -2.84. The van der Waals surface area contributed by atoms with Crippen molar-refractivity contribution >= 4 is 9.84 Å². The average molecular weight is 212 g/mol. The van der Waals surface area contributed by atoms with Gasteiger partial charge in [-0.15, -0.1) is 0 Å². The average Bonchev–Trinajstić information content (AvgIpc) is 2.14. The lowest BCUT2D eigenvalue weighted by atomic mass is 10.1. The van der Waals surface area contributed by atoms with Crippen LogP contribution in [0.2, 0.25) is 0 Å². The summed E-state index contributed by atoms with van der Waals surface area (Å²) < 4.78 is 21.9. The molecule has 1 rings (SSSR count). The molecule has 0 radical (unpaired) electrons. The van der Waals surface area contributed by atoms with Gasteiger partial charge in [-0.1, -0.05) is 31.2 Å². The topological polar surface area (TPSA) is 34.1 Å². The summed E-state index contributed by atoms with van der Waals surface area (Å²) in [5.74, 6) is 0.235. The minimum Gasteiger partial charge on any atom is -0.229 e. The molecule has 0 amide bonds. The summed E-state index contributed by atoms with van der Waals surface area (Å²) in [6.45, 7) is 2.10. The van der Waals surface area contributed by atoms with Crippen LogP contribution in [-0.4, -0.2) is 20.4 Å². The molecular weight excluding hydrogens is 196 g/mol. The Balaban J connectivity index is 2.61. The molecule has 1 aromatic rings. The number of hydrogen-bond donors (Lipinski definition) is 0. The second-order valence-corrected chi connectivity index (χ2v) is 5.81. The third-order valence-corrected chi connectivity index (χ3v) is 3.14. The van der Waals surface area contributed by atoms with E-state index in [0.29, 0.717) is 6.42 Å². The number of hydrogen-bond acceptors (Lipinski definition) is 2. The lowest BCUT2D eigenvalue weighted by molar-refractivity contribution is 0.601. The smallest absolute Gasteiger partial charge is 0.147 e. The molecule has 0 bridgehead atoms. The van der Waals surface area contributed by atoms with Crippen molar-refractivity contribution in [3.63, 3.8) is 0 Å². The van der Waals surface area contributed by atoms with Crippen LogP contribution in [0.4, 0.5) is 0 Å². The molecule has 0 unspecified atom stereocenters. The van der Waals surface area contributed by atoms with Crippen molar-refractivity contribution in [1.29, 1.82) is 0 Å². The third kappa shape index (κ3) is 3.92. The number of sulfone groups is 1. The van der Waals surface area contributed by atoms with E-state index in [4.69, 9.17) is 0 Å². The Bertz CT molecular complexity index is 376. The van der Waals surface area contributed by atoms with Gasteiger partial charge >= 0.3 is 0 Å². The highest BCUT2D eigenvalue weighted by atomic mass is 32.2. The molecule has 0 aliphatic heterocycles. The van der Waals surface area contributed by atoms with Gasteiger partial charge in [-0.3, -0.25) is 0 Å². The van der Waals surface area contributed by atoms with Gasteiger partial charge < -0.3 is 0 Å². The van der Waals surface area contributed by atoms with E-state index in [9.17, 15) is 8.42 Å². The van der Waals surface area contributed by atoms with Gasteiger partial charge in [-0.25, -0.2) is 8.42 Å². The summed E-state index contributed by atoms with van der Waals surface area (Å²) in [7, 11) is -2.84. The lowest BCUT2D eigenvalue weighted by Crippen LogP contribution is -2.05. The van der Waals surface area contributed by atoms with E-state index in [-0.39, 0.29) is 5.75 Å². The van der Waals surface area contributed by atoms with Crippen molar-refractivity contribution in [3.05, 3.63) is 35.4 Å². The first-order valence-corrected chi connectivity index (χ1v) is 6.83. The maximum atomic E-state index is 10.9. The molecule has 78 valence electrons. The Morgan fingerprint density at radius 2 is 1.57 bits per heavy atom. The van der Waals surface area contributed by atoms with Gasteiger partial charge in [0.05, 0.1) is 5.75 Å². The van der Waals surface area contributed by atoms with E-state index in [2.05, 4.69) is 19.1 Å². The molecule has 0 heterocycles. The maximum Gasteiger partial charge on any atom is 0.147 e. The second-order valence-electron chi connectivity index (χ2n) is 3.55. The maximum absolute atomic E-state index is 10.9. The first kappa shape index (κ1) is 11.2. The molecule has 1 aromatic carbocycles. The van der Waals surface area contributed by atoms with E-state index in [1.807, 2.05) is 12.1 Å². The van der Waals surface area contributed by atoms with E-state index >= 15 is 0 Å². The fourth-order valence-corrected chi connectivity index (χ4v) is 1.85. The quantitative estimate of drug-likeness (QED) is 0.763. The van der Waals surface area contributed by atoms with Crippen molar-refractivity contribution in [1.82, 2.24) is 0 Å². The summed E-state index contributed by atoms with van der Waals surface area (Å²) in [5, 5.41) is 0. The van der Waals surface area contributed by atoms with Crippen LogP contribution >= 0.6 is 0 Å². The fraction of sp³-hybridized carbons (Fsp3) is 0.455. The predicted molar refractivity (Wildman–Crippen MR) is 59.2 cm³/mol.